The minimum Gasteiger partial charge on any atom is -0.422 e. The highest BCUT2D eigenvalue weighted by Gasteiger charge is 2.21. The Kier molecular flexibility index (Phi) is 3.88. The van der Waals surface area contributed by atoms with Crippen LogP contribution < -0.4 is 0 Å². The largest absolute Gasteiger partial charge is 0.422 e. The number of nitrogens with zero attached hydrogens (tertiary/aromatic N) is 1. The fraction of sp³-hybridized carbons (Fsp3) is 0.158. The Balaban J connectivity index is 1.88. The highest BCUT2D eigenvalue weighted by Crippen LogP contribution is 2.28. The lowest BCUT2D eigenvalue weighted by Gasteiger charge is -2.06. The van der Waals surface area contributed by atoms with Gasteiger partial charge in [-0.1, -0.05) is 38.1 Å². The van der Waals surface area contributed by atoms with Crippen molar-refractivity contribution in [2.45, 2.75) is 19.8 Å². The zero-order valence-corrected chi connectivity index (χ0v) is 12.6. The Bertz CT molecular complexity index is 741. The molecule has 2 aromatic rings. The van der Waals surface area contributed by atoms with E-state index < -0.39 is 0 Å². The van der Waals surface area contributed by atoms with E-state index in [1.54, 1.807) is 24.5 Å². The molecule has 3 nitrogen and oxygen atoms in total. The Hall–Kier alpha value is -2.68. The first kappa shape index (κ1) is 14.3. The zero-order chi connectivity index (χ0) is 15.5. The Labute approximate surface area is 130 Å². The van der Waals surface area contributed by atoms with Crippen LogP contribution in [0.3, 0.4) is 0 Å². The van der Waals surface area contributed by atoms with Crippen LogP contribution in [0.4, 0.5) is 0 Å². The molecule has 0 atom stereocenters. The molecule has 0 N–H and O–H groups in total. The van der Waals surface area contributed by atoms with E-state index in [9.17, 15) is 4.79 Å². The van der Waals surface area contributed by atoms with Crippen molar-refractivity contribution in [3.05, 3.63) is 77.1 Å². The standard InChI is InChI=1S/C19H17NO2/c1-13(2)15-3-5-16(6-4-15)18-12-17(19(21)22-18)11-14-7-9-20-10-8-14/h3-13H,1-2H3/b17-11+. The van der Waals surface area contributed by atoms with Crippen molar-refractivity contribution in [1.82, 2.24) is 4.98 Å². The summed E-state index contributed by atoms with van der Waals surface area (Å²) in [5.41, 5.74) is 3.65. The van der Waals surface area contributed by atoms with E-state index >= 15 is 0 Å². The summed E-state index contributed by atoms with van der Waals surface area (Å²) in [6.07, 6.45) is 6.98. The number of benzene rings is 1. The lowest BCUT2D eigenvalue weighted by molar-refractivity contribution is -0.130. The van der Waals surface area contributed by atoms with E-state index in [-0.39, 0.29) is 5.97 Å². The van der Waals surface area contributed by atoms with Crippen LogP contribution in [0.5, 0.6) is 0 Å². The van der Waals surface area contributed by atoms with Crippen LogP contribution in [-0.4, -0.2) is 11.0 Å². The number of ether oxygens (including phenoxy) is 1. The molecule has 1 aromatic heterocycles. The fourth-order valence-corrected chi connectivity index (χ4v) is 2.30. The summed E-state index contributed by atoms with van der Waals surface area (Å²) in [6.45, 7) is 4.30. The van der Waals surface area contributed by atoms with E-state index in [1.165, 1.54) is 5.56 Å². The van der Waals surface area contributed by atoms with E-state index in [4.69, 9.17) is 4.74 Å². The summed E-state index contributed by atoms with van der Waals surface area (Å²) >= 11 is 0. The highest BCUT2D eigenvalue weighted by molar-refractivity contribution is 6.05. The topological polar surface area (TPSA) is 39.2 Å². The Morgan fingerprint density at radius 1 is 1.05 bits per heavy atom. The lowest BCUT2D eigenvalue weighted by atomic mass is 10.0. The average Bonchev–Trinajstić information content (AvgIpc) is 2.89. The lowest BCUT2D eigenvalue weighted by Crippen LogP contribution is -1.97. The minimum atomic E-state index is -0.320. The molecule has 1 aliphatic rings. The monoisotopic (exact) mass is 291 g/mol. The second kappa shape index (κ2) is 5.98. The van der Waals surface area contributed by atoms with Gasteiger partial charge in [0.15, 0.2) is 0 Å². The number of aromatic nitrogens is 1. The van der Waals surface area contributed by atoms with Gasteiger partial charge in [-0.15, -0.1) is 0 Å². The van der Waals surface area contributed by atoms with Crippen molar-refractivity contribution in [1.29, 1.82) is 0 Å². The first-order chi connectivity index (χ1) is 10.6. The number of rotatable bonds is 3. The zero-order valence-electron chi connectivity index (χ0n) is 12.6. The van der Waals surface area contributed by atoms with E-state index in [0.717, 1.165) is 11.1 Å². The maximum atomic E-state index is 12.0. The molecule has 3 rings (SSSR count). The van der Waals surface area contributed by atoms with Gasteiger partial charge in [0.25, 0.3) is 0 Å². The van der Waals surface area contributed by atoms with Gasteiger partial charge in [-0.2, -0.15) is 0 Å². The van der Waals surface area contributed by atoms with Gasteiger partial charge in [0.2, 0.25) is 0 Å². The average molecular weight is 291 g/mol. The van der Waals surface area contributed by atoms with Crippen molar-refractivity contribution in [3.63, 3.8) is 0 Å². The van der Waals surface area contributed by atoms with Gasteiger partial charge in [0.05, 0.1) is 5.57 Å². The van der Waals surface area contributed by atoms with Crippen LogP contribution in [0.25, 0.3) is 11.8 Å². The highest BCUT2D eigenvalue weighted by atomic mass is 16.5. The third kappa shape index (κ3) is 2.98. The second-order valence-electron chi connectivity index (χ2n) is 5.56. The quantitative estimate of drug-likeness (QED) is 0.629. The van der Waals surface area contributed by atoms with Gasteiger partial charge in [0, 0.05) is 18.0 Å². The summed E-state index contributed by atoms with van der Waals surface area (Å²) in [6, 6.07) is 11.8. The fourth-order valence-electron chi connectivity index (χ4n) is 2.30. The molecule has 1 aromatic carbocycles. The molecule has 1 aliphatic heterocycles. The summed E-state index contributed by atoms with van der Waals surface area (Å²) in [7, 11) is 0. The number of carbonyl (C=O) groups is 1. The molecule has 0 saturated heterocycles. The minimum absolute atomic E-state index is 0.320. The molecule has 0 spiro atoms. The van der Waals surface area contributed by atoms with E-state index in [1.807, 2.05) is 24.3 Å². The molecular weight excluding hydrogens is 274 g/mol. The summed E-state index contributed by atoms with van der Waals surface area (Å²) in [5.74, 6) is 0.761. The van der Waals surface area contributed by atoms with Gasteiger partial charge >= 0.3 is 5.97 Å². The van der Waals surface area contributed by atoms with Gasteiger partial charge < -0.3 is 4.74 Å². The number of esters is 1. The number of hydrogen-bond donors (Lipinski definition) is 0. The van der Waals surface area contributed by atoms with Crippen LogP contribution in [0.1, 0.15) is 36.5 Å². The van der Waals surface area contributed by atoms with Gasteiger partial charge in [-0.05, 0) is 41.3 Å². The molecule has 0 amide bonds. The Morgan fingerprint density at radius 3 is 2.36 bits per heavy atom. The van der Waals surface area contributed by atoms with Crippen molar-refractivity contribution in [2.24, 2.45) is 0 Å². The maximum absolute atomic E-state index is 12.0. The van der Waals surface area contributed by atoms with Crippen LogP contribution in [0.2, 0.25) is 0 Å². The van der Waals surface area contributed by atoms with Crippen molar-refractivity contribution in [2.75, 3.05) is 0 Å². The maximum Gasteiger partial charge on any atom is 0.343 e. The molecule has 2 heterocycles. The third-order valence-corrected chi connectivity index (χ3v) is 3.62. The van der Waals surface area contributed by atoms with Crippen molar-refractivity contribution >= 4 is 17.8 Å². The molecule has 3 heteroatoms. The molecule has 0 unspecified atom stereocenters. The normalized spacial score (nSPS) is 16.0. The van der Waals surface area contributed by atoms with Gasteiger partial charge in [0.1, 0.15) is 5.76 Å². The van der Waals surface area contributed by atoms with Crippen LogP contribution in [0, 0.1) is 0 Å². The van der Waals surface area contributed by atoms with Crippen molar-refractivity contribution < 1.29 is 9.53 Å². The first-order valence-electron chi connectivity index (χ1n) is 7.29. The second-order valence-corrected chi connectivity index (χ2v) is 5.56. The van der Waals surface area contributed by atoms with Crippen molar-refractivity contribution in [3.8, 4) is 0 Å². The number of hydrogen-bond acceptors (Lipinski definition) is 3. The number of carbonyl (C=O) groups excluding carboxylic acids is 1. The first-order valence-corrected chi connectivity index (χ1v) is 7.29. The van der Waals surface area contributed by atoms with Gasteiger partial charge in [-0.3, -0.25) is 4.98 Å². The predicted octanol–water partition coefficient (Wildman–Crippen LogP) is 4.19. The number of pyridine rings is 1. The SMILES string of the molecule is CC(C)c1ccc(C2=C/C(=C\c3ccncc3)C(=O)O2)cc1. The summed E-state index contributed by atoms with van der Waals surface area (Å²) in [5, 5.41) is 0. The molecule has 22 heavy (non-hydrogen) atoms. The summed E-state index contributed by atoms with van der Waals surface area (Å²) < 4.78 is 5.37. The predicted molar refractivity (Wildman–Crippen MR) is 86.8 cm³/mol. The molecule has 0 saturated carbocycles. The Morgan fingerprint density at radius 2 is 1.73 bits per heavy atom. The van der Waals surface area contributed by atoms with Crippen LogP contribution in [0.15, 0.2) is 60.4 Å². The van der Waals surface area contributed by atoms with Gasteiger partial charge in [-0.25, -0.2) is 4.79 Å². The smallest absolute Gasteiger partial charge is 0.343 e. The molecule has 0 bridgehead atoms. The molecular formula is C19H17NO2. The summed E-state index contributed by atoms with van der Waals surface area (Å²) in [4.78, 5) is 15.9. The molecule has 0 aliphatic carbocycles. The van der Waals surface area contributed by atoms with E-state index in [2.05, 4.69) is 31.0 Å². The van der Waals surface area contributed by atoms with Crippen LogP contribution in [-0.2, 0) is 9.53 Å². The third-order valence-electron chi connectivity index (χ3n) is 3.62. The van der Waals surface area contributed by atoms with Crippen LogP contribution >= 0.6 is 0 Å². The number of cyclic esters (lactones) is 1. The molecule has 0 radical (unpaired) electrons. The molecule has 0 fully saturated rings. The molecule has 110 valence electrons. The van der Waals surface area contributed by atoms with E-state index in [0.29, 0.717) is 17.3 Å².